The van der Waals surface area contributed by atoms with Crippen molar-refractivity contribution in [1.82, 2.24) is 9.13 Å². The predicted octanol–water partition coefficient (Wildman–Crippen LogP) is 2.27. The van der Waals surface area contributed by atoms with Crippen LogP contribution in [0.5, 0.6) is 5.75 Å². The van der Waals surface area contributed by atoms with Gasteiger partial charge in [0, 0.05) is 18.4 Å². The van der Waals surface area contributed by atoms with Gasteiger partial charge in [0.15, 0.2) is 5.78 Å². The molecule has 0 aliphatic heterocycles. The van der Waals surface area contributed by atoms with E-state index in [1.54, 1.807) is 35.2 Å². The van der Waals surface area contributed by atoms with Crippen LogP contribution >= 0.6 is 0 Å². The highest BCUT2D eigenvalue weighted by Crippen LogP contribution is 2.33. The molecule has 21 heavy (non-hydrogen) atoms. The van der Waals surface area contributed by atoms with Crippen LogP contribution in [-0.2, 0) is 6.54 Å². The summed E-state index contributed by atoms with van der Waals surface area (Å²) in [6.07, 6.45) is 5.54. The Morgan fingerprint density at radius 1 is 1.29 bits per heavy atom. The number of hydrogen-bond acceptors (Lipinski definition) is 3. The molecule has 5 nitrogen and oxygen atoms in total. The van der Waals surface area contributed by atoms with E-state index in [0.29, 0.717) is 24.0 Å². The lowest BCUT2D eigenvalue weighted by molar-refractivity contribution is 0.0967. The van der Waals surface area contributed by atoms with Crippen LogP contribution in [0.25, 0.3) is 0 Å². The van der Waals surface area contributed by atoms with Crippen molar-refractivity contribution < 1.29 is 9.53 Å². The summed E-state index contributed by atoms with van der Waals surface area (Å²) in [4.78, 5) is 24.6. The third kappa shape index (κ3) is 2.77. The second-order valence-electron chi connectivity index (χ2n) is 5.20. The molecule has 5 heteroatoms. The van der Waals surface area contributed by atoms with Crippen molar-refractivity contribution in [3.63, 3.8) is 0 Å². The second kappa shape index (κ2) is 5.60. The number of ether oxygens (including phenoxy) is 1. The van der Waals surface area contributed by atoms with Gasteiger partial charge in [-0.15, -0.1) is 0 Å². The van der Waals surface area contributed by atoms with E-state index in [0.717, 1.165) is 12.8 Å². The molecule has 110 valence electrons. The van der Waals surface area contributed by atoms with Crippen LogP contribution in [-0.4, -0.2) is 21.5 Å². The quantitative estimate of drug-likeness (QED) is 0.765. The maximum atomic E-state index is 12.4. The molecule has 1 fully saturated rings. The topological polar surface area (TPSA) is 53.2 Å². The number of aromatic nitrogens is 2. The van der Waals surface area contributed by atoms with Crippen LogP contribution in [0.3, 0.4) is 0 Å². The van der Waals surface area contributed by atoms with E-state index in [-0.39, 0.29) is 18.0 Å². The first-order valence-electron chi connectivity index (χ1n) is 7.23. The number of nitrogens with zero attached hydrogens (tertiary/aromatic N) is 2. The van der Waals surface area contributed by atoms with Gasteiger partial charge in [-0.2, -0.15) is 0 Å². The Labute approximate surface area is 122 Å². The fraction of sp³-hybridized carbons (Fsp3) is 0.375. The van der Waals surface area contributed by atoms with E-state index < -0.39 is 0 Å². The third-order valence-electron chi connectivity index (χ3n) is 3.62. The van der Waals surface area contributed by atoms with Crippen LogP contribution in [0.1, 0.15) is 36.2 Å². The van der Waals surface area contributed by atoms with Crippen molar-refractivity contribution in [3.05, 3.63) is 52.7 Å². The zero-order chi connectivity index (χ0) is 14.8. The fourth-order valence-electron chi connectivity index (χ4n) is 2.40. The number of ketones is 1. The van der Waals surface area contributed by atoms with Crippen molar-refractivity contribution in [2.75, 3.05) is 6.61 Å². The highest BCUT2D eigenvalue weighted by molar-refractivity contribution is 5.98. The summed E-state index contributed by atoms with van der Waals surface area (Å²) in [7, 11) is 0. The Morgan fingerprint density at radius 2 is 2.05 bits per heavy atom. The minimum atomic E-state index is -0.116. The molecule has 0 atom stereocenters. The summed E-state index contributed by atoms with van der Waals surface area (Å²) >= 11 is 0. The lowest BCUT2D eigenvalue weighted by Crippen LogP contribution is -2.26. The molecule has 1 heterocycles. The Bertz CT molecular complexity index is 710. The van der Waals surface area contributed by atoms with Gasteiger partial charge in [-0.05, 0) is 31.9 Å². The molecule has 0 amide bonds. The number of Topliss-reactive ketones (excluding diaryl/α,β-unsaturated/α-hetero) is 1. The first kappa shape index (κ1) is 13.7. The van der Waals surface area contributed by atoms with Crippen LogP contribution < -0.4 is 10.4 Å². The monoisotopic (exact) mass is 286 g/mol. The summed E-state index contributed by atoms with van der Waals surface area (Å²) in [5.41, 5.74) is 0.408. The fourth-order valence-corrected chi connectivity index (χ4v) is 2.40. The van der Waals surface area contributed by atoms with Crippen LogP contribution in [0.2, 0.25) is 0 Å². The average molecular weight is 286 g/mol. The number of rotatable bonds is 6. The van der Waals surface area contributed by atoms with E-state index >= 15 is 0 Å². The second-order valence-corrected chi connectivity index (χ2v) is 5.20. The normalized spacial score (nSPS) is 14.1. The molecule has 0 N–H and O–H groups in total. The van der Waals surface area contributed by atoms with Gasteiger partial charge in [-0.25, -0.2) is 4.79 Å². The Balaban J connectivity index is 1.82. The molecule has 1 aromatic carbocycles. The zero-order valence-electron chi connectivity index (χ0n) is 12.0. The molecule has 1 aliphatic carbocycles. The summed E-state index contributed by atoms with van der Waals surface area (Å²) in [6, 6.07) is 7.46. The molecule has 0 bridgehead atoms. The van der Waals surface area contributed by atoms with Gasteiger partial charge in [0.2, 0.25) is 0 Å². The molecule has 0 unspecified atom stereocenters. The smallest absolute Gasteiger partial charge is 0.328 e. The van der Waals surface area contributed by atoms with E-state index in [4.69, 9.17) is 4.74 Å². The molecule has 2 aromatic rings. The van der Waals surface area contributed by atoms with Gasteiger partial charge in [0.05, 0.1) is 18.7 Å². The Morgan fingerprint density at radius 3 is 2.76 bits per heavy atom. The number of hydrogen-bond donors (Lipinski definition) is 0. The lowest BCUT2D eigenvalue weighted by Gasteiger charge is -2.09. The SMILES string of the molecule is CCOc1ccccc1C(=O)Cn1ccn(C2CC2)c1=O. The van der Waals surface area contributed by atoms with Crippen LogP contribution in [0, 0.1) is 0 Å². The molecule has 1 aromatic heterocycles. The van der Waals surface area contributed by atoms with Gasteiger partial charge in [-0.1, -0.05) is 12.1 Å². The summed E-state index contributed by atoms with van der Waals surface area (Å²) in [5, 5.41) is 0. The van der Waals surface area contributed by atoms with E-state index in [9.17, 15) is 9.59 Å². The van der Waals surface area contributed by atoms with Gasteiger partial charge in [-0.3, -0.25) is 13.9 Å². The maximum absolute atomic E-state index is 12.4. The van der Waals surface area contributed by atoms with Crippen molar-refractivity contribution >= 4 is 5.78 Å². The number of carbonyl (C=O) groups excluding carboxylic acids is 1. The van der Waals surface area contributed by atoms with E-state index in [1.807, 2.05) is 13.0 Å². The first-order chi connectivity index (χ1) is 10.2. The highest BCUT2D eigenvalue weighted by Gasteiger charge is 2.26. The zero-order valence-corrected chi connectivity index (χ0v) is 12.0. The number of carbonyl (C=O) groups is 1. The lowest BCUT2D eigenvalue weighted by atomic mass is 10.1. The standard InChI is InChI=1S/C16H18N2O3/c1-2-21-15-6-4-3-5-13(15)14(19)11-17-9-10-18(16(17)20)12-7-8-12/h3-6,9-10,12H,2,7-8,11H2,1H3. The molecule has 0 spiro atoms. The number of benzene rings is 1. The molecular weight excluding hydrogens is 268 g/mol. The van der Waals surface area contributed by atoms with Gasteiger partial charge < -0.3 is 4.74 Å². The maximum Gasteiger partial charge on any atom is 0.328 e. The average Bonchev–Trinajstić information content (AvgIpc) is 3.26. The molecular formula is C16H18N2O3. The molecule has 3 rings (SSSR count). The van der Waals surface area contributed by atoms with Crippen molar-refractivity contribution in [2.45, 2.75) is 32.4 Å². The van der Waals surface area contributed by atoms with Crippen molar-refractivity contribution in [1.29, 1.82) is 0 Å². The molecule has 0 radical (unpaired) electrons. The van der Waals surface area contributed by atoms with Crippen LogP contribution in [0.15, 0.2) is 41.5 Å². The number of imidazole rings is 1. The van der Waals surface area contributed by atoms with E-state index in [1.165, 1.54) is 4.57 Å². The van der Waals surface area contributed by atoms with Gasteiger partial charge in [0.25, 0.3) is 0 Å². The van der Waals surface area contributed by atoms with Gasteiger partial charge in [0.1, 0.15) is 5.75 Å². The van der Waals surface area contributed by atoms with Crippen molar-refractivity contribution in [2.24, 2.45) is 0 Å². The minimum absolute atomic E-state index is 0.0443. The molecule has 1 aliphatic rings. The Hall–Kier alpha value is -2.30. The van der Waals surface area contributed by atoms with Crippen molar-refractivity contribution in [3.8, 4) is 5.75 Å². The minimum Gasteiger partial charge on any atom is -0.493 e. The van der Waals surface area contributed by atoms with Crippen LogP contribution in [0.4, 0.5) is 0 Å². The molecule has 1 saturated carbocycles. The molecule has 0 saturated heterocycles. The number of para-hydroxylation sites is 1. The van der Waals surface area contributed by atoms with Gasteiger partial charge >= 0.3 is 5.69 Å². The first-order valence-corrected chi connectivity index (χ1v) is 7.23. The largest absolute Gasteiger partial charge is 0.493 e. The third-order valence-corrected chi connectivity index (χ3v) is 3.62. The highest BCUT2D eigenvalue weighted by atomic mass is 16.5. The summed E-state index contributed by atoms with van der Waals surface area (Å²) in [5.74, 6) is 0.453. The summed E-state index contributed by atoms with van der Waals surface area (Å²) in [6.45, 7) is 2.42. The van der Waals surface area contributed by atoms with E-state index in [2.05, 4.69) is 0 Å². The summed E-state index contributed by atoms with van der Waals surface area (Å²) < 4.78 is 8.64. The predicted molar refractivity (Wildman–Crippen MR) is 78.9 cm³/mol. The Kier molecular flexibility index (Phi) is 3.64.